The highest BCUT2D eigenvalue weighted by molar-refractivity contribution is 4.71. The molecule has 4 heteroatoms. The number of hydrogen-bond acceptors (Lipinski definition) is 3. The second-order valence-electron chi connectivity index (χ2n) is 6.00. The zero-order valence-corrected chi connectivity index (χ0v) is 12.0. The zero-order valence-electron chi connectivity index (χ0n) is 12.0. The monoisotopic (exact) mass is 257 g/mol. The highest BCUT2D eigenvalue weighted by atomic mass is 16.8. The van der Waals surface area contributed by atoms with E-state index in [1.54, 1.807) is 0 Å². The van der Waals surface area contributed by atoms with E-state index in [0.29, 0.717) is 6.23 Å². The summed E-state index contributed by atoms with van der Waals surface area (Å²) in [5.74, 6) is 0. The largest absolute Gasteiger partial charge is 0.382 e. The van der Waals surface area contributed by atoms with Gasteiger partial charge in [-0.3, -0.25) is 4.84 Å². The van der Waals surface area contributed by atoms with E-state index in [1.165, 1.54) is 38.6 Å². The number of rotatable bonds is 9. The van der Waals surface area contributed by atoms with Gasteiger partial charge in [0.1, 0.15) is 13.1 Å². The Morgan fingerprint density at radius 2 is 1.94 bits per heavy atom. The minimum absolute atomic E-state index is 0.0629. The fourth-order valence-corrected chi connectivity index (χ4v) is 3.19. The number of likely N-dealkylation sites (tertiary alicyclic amines) is 1. The fourth-order valence-electron chi connectivity index (χ4n) is 3.19. The molecule has 2 unspecified atom stereocenters. The molecule has 106 valence electrons. The summed E-state index contributed by atoms with van der Waals surface area (Å²) in [6.45, 7) is 9.72. The van der Waals surface area contributed by atoms with Gasteiger partial charge in [0.15, 0.2) is 12.3 Å². The first kappa shape index (κ1) is 14.3. The summed E-state index contributed by atoms with van der Waals surface area (Å²) in [4.78, 5) is 5.59. The third-order valence-corrected chi connectivity index (χ3v) is 4.28. The minimum atomic E-state index is -0.0629. The molecule has 0 bridgehead atoms. The highest BCUT2D eigenvalue weighted by Gasteiger charge is 2.44. The van der Waals surface area contributed by atoms with Crippen molar-refractivity contribution in [3.8, 4) is 0 Å². The number of nitrogens with zero attached hydrogens (tertiary/aromatic N) is 2. The maximum atomic E-state index is 9.53. The Hall–Kier alpha value is -0.160. The van der Waals surface area contributed by atoms with Crippen LogP contribution >= 0.6 is 0 Å². The second-order valence-corrected chi connectivity index (χ2v) is 6.00. The molecular weight excluding hydrogens is 228 g/mol. The lowest BCUT2D eigenvalue weighted by atomic mass is 10.1. The highest BCUT2D eigenvalue weighted by Crippen LogP contribution is 2.28. The Morgan fingerprint density at radius 3 is 2.56 bits per heavy atom. The molecule has 0 aromatic carbocycles. The molecule has 2 rings (SSSR count). The molecule has 2 saturated heterocycles. The van der Waals surface area contributed by atoms with Crippen molar-refractivity contribution in [1.29, 1.82) is 0 Å². The third kappa shape index (κ3) is 3.67. The van der Waals surface area contributed by atoms with Crippen molar-refractivity contribution in [2.45, 2.75) is 58.3 Å². The van der Waals surface area contributed by atoms with Gasteiger partial charge in [0, 0.05) is 0 Å². The molecule has 2 fully saturated rings. The Bertz CT molecular complexity index is 249. The van der Waals surface area contributed by atoms with Crippen LogP contribution in [0, 0.1) is 0 Å². The van der Waals surface area contributed by atoms with Gasteiger partial charge in [-0.2, -0.15) is 5.06 Å². The van der Waals surface area contributed by atoms with Crippen LogP contribution in [0.3, 0.4) is 0 Å². The van der Waals surface area contributed by atoms with E-state index >= 15 is 0 Å². The molecule has 0 amide bonds. The molecular formula is C14H29N2O2+. The van der Waals surface area contributed by atoms with Crippen LogP contribution in [0.2, 0.25) is 0 Å². The average molecular weight is 257 g/mol. The standard InChI is InChI=1S/C14H29N2O2/c1-3-5-6-7-14-15(18-14)8-10-16(9-4-2)11-13(17)12-16/h13-14,17H,3-12H2,1-2H3/q+1. The van der Waals surface area contributed by atoms with Crippen LogP contribution < -0.4 is 0 Å². The topological polar surface area (TPSA) is 35.8 Å². The van der Waals surface area contributed by atoms with E-state index in [4.69, 9.17) is 4.84 Å². The Kier molecular flexibility index (Phi) is 5.01. The first-order valence-electron chi connectivity index (χ1n) is 7.65. The van der Waals surface area contributed by atoms with Gasteiger partial charge in [-0.1, -0.05) is 26.7 Å². The molecule has 18 heavy (non-hydrogen) atoms. The van der Waals surface area contributed by atoms with E-state index < -0.39 is 0 Å². The predicted octanol–water partition coefficient (Wildman–Crippen LogP) is 1.74. The lowest BCUT2D eigenvalue weighted by molar-refractivity contribution is -0.971. The molecule has 0 aromatic rings. The number of aliphatic hydroxyl groups is 1. The van der Waals surface area contributed by atoms with Gasteiger partial charge in [-0.25, -0.2) is 0 Å². The maximum Gasteiger partial charge on any atom is 0.154 e. The predicted molar refractivity (Wildman–Crippen MR) is 71.7 cm³/mol. The average Bonchev–Trinajstić information content (AvgIpc) is 3.04. The molecule has 0 saturated carbocycles. The van der Waals surface area contributed by atoms with Gasteiger partial charge in [0.2, 0.25) is 0 Å². The van der Waals surface area contributed by atoms with E-state index in [1.807, 2.05) is 0 Å². The van der Waals surface area contributed by atoms with Gasteiger partial charge >= 0.3 is 0 Å². The maximum absolute atomic E-state index is 9.53. The first-order valence-corrected chi connectivity index (χ1v) is 7.65. The molecule has 1 N–H and O–H groups in total. The van der Waals surface area contributed by atoms with Crippen molar-refractivity contribution in [3.63, 3.8) is 0 Å². The summed E-state index contributed by atoms with van der Waals surface area (Å²) >= 11 is 0. The summed E-state index contributed by atoms with van der Waals surface area (Å²) in [5, 5.41) is 11.7. The van der Waals surface area contributed by atoms with Crippen LogP contribution in [0.4, 0.5) is 0 Å². The van der Waals surface area contributed by atoms with Gasteiger partial charge in [-0.15, -0.1) is 0 Å². The smallest absolute Gasteiger partial charge is 0.154 e. The van der Waals surface area contributed by atoms with Crippen molar-refractivity contribution in [2.24, 2.45) is 0 Å². The van der Waals surface area contributed by atoms with Crippen molar-refractivity contribution in [3.05, 3.63) is 0 Å². The molecule has 0 radical (unpaired) electrons. The SMILES string of the molecule is CCCCCC1ON1CC[N+]1(CCC)CC(O)C1. The number of aliphatic hydroxyl groups excluding tert-OH is 1. The number of quaternary nitrogens is 1. The van der Waals surface area contributed by atoms with Crippen LogP contribution in [0.5, 0.6) is 0 Å². The normalized spacial score (nSPS) is 38.5. The third-order valence-electron chi connectivity index (χ3n) is 4.28. The van der Waals surface area contributed by atoms with Crippen LogP contribution in [0.25, 0.3) is 0 Å². The van der Waals surface area contributed by atoms with E-state index in [0.717, 1.165) is 30.7 Å². The summed E-state index contributed by atoms with van der Waals surface area (Å²) in [6.07, 6.45) is 6.59. The Labute approximate surface area is 111 Å². The van der Waals surface area contributed by atoms with Crippen molar-refractivity contribution >= 4 is 0 Å². The fraction of sp³-hybridized carbons (Fsp3) is 1.00. The number of unbranched alkanes of at least 4 members (excludes halogenated alkanes) is 2. The minimum Gasteiger partial charge on any atom is -0.382 e. The van der Waals surface area contributed by atoms with Crippen LogP contribution in [0.1, 0.15) is 46.0 Å². The molecule has 2 aliphatic rings. The Morgan fingerprint density at radius 1 is 1.17 bits per heavy atom. The van der Waals surface area contributed by atoms with E-state index in [9.17, 15) is 5.11 Å². The molecule has 0 aromatic heterocycles. The lowest BCUT2D eigenvalue weighted by Gasteiger charge is -2.48. The van der Waals surface area contributed by atoms with Crippen molar-refractivity contribution in [1.82, 2.24) is 5.06 Å². The molecule has 2 aliphatic heterocycles. The molecule has 4 nitrogen and oxygen atoms in total. The van der Waals surface area contributed by atoms with Gasteiger partial charge < -0.3 is 9.59 Å². The summed E-state index contributed by atoms with van der Waals surface area (Å²) < 4.78 is 1.10. The van der Waals surface area contributed by atoms with E-state index in [2.05, 4.69) is 18.9 Å². The van der Waals surface area contributed by atoms with Crippen molar-refractivity contribution in [2.75, 3.05) is 32.7 Å². The quantitative estimate of drug-likeness (QED) is 0.388. The zero-order chi connectivity index (χ0) is 13.0. The first-order chi connectivity index (χ1) is 8.69. The lowest BCUT2D eigenvalue weighted by Crippen LogP contribution is -2.67. The van der Waals surface area contributed by atoms with Gasteiger partial charge in [-0.05, 0) is 19.3 Å². The Balaban J connectivity index is 1.60. The van der Waals surface area contributed by atoms with Crippen molar-refractivity contribution < 1.29 is 14.4 Å². The molecule has 2 atom stereocenters. The second kappa shape index (κ2) is 6.33. The summed E-state index contributed by atoms with van der Waals surface area (Å²) in [6, 6.07) is 0. The molecule has 0 spiro atoms. The van der Waals surface area contributed by atoms with Gasteiger partial charge in [0.05, 0.1) is 19.6 Å². The molecule has 2 heterocycles. The van der Waals surface area contributed by atoms with Crippen LogP contribution in [-0.4, -0.2) is 59.7 Å². The number of hydroxylamine groups is 2. The van der Waals surface area contributed by atoms with Gasteiger partial charge in [0.25, 0.3) is 0 Å². The number of hydrogen-bond donors (Lipinski definition) is 1. The van der Waals surface area contributed by atoms with E-state index in [-0.39, 0.29) is 6.10 Å². The molecule has 0 aliphatic carbocycles. The van der Waals surface area contributed by atoms with Crippen LogP contribution in [-0.2, 0) is 4.84 Å². The summed E-state index contributed by atoms with van der Waals surface area (Å²) in [7, 11) is 0. The van der Waals surface area contributed by atoms with Crippen LogP contribution in [0.15, 0.2) is 0 Å². The summed E-state index contributed by atoms with van der Waals surface area (Å²) in [5.41, 5.74) is 0.